The summed E-state index contributed by atoms with van der Waals surface area (Å²) in [4.78, 5) is 0. The van der Waals surface area contributed by atoms with Crippen molar-refractivity contribution in [2.45, 2.75) is 64.7 Å². The molecule has 0 atom stereocenters. The van der Waals surface area contributed by atoms with Crippen molar-refractivity contribution in [3.05, 3.63) is 54.1 Å². The maximum atomic E-state index is 5.93. The predicted octanol–water partition coefficient (Wildman–Crippen LogP) is 7.26. The standard InChI is InChI=1S/C24H31N/c1-2-3-4-5-6-7-8-9-11-19-12-10-13-21-16-22-17-23(25)15-14-20(22)18-24(19)21/h10,12-18H,2-9,11,25H2,1H3. The molecule has 3 aromatic rings. The highest BCUT2D eigenvalue weighted by Gasteiger charge is 2.04. The van der Waals surface area contributed by atoms with E-state index in [0.717, 1.165) is 5.69 Å². The molecule has 0 saturated carbocycles. The molecule has 1 heteroatoms. The van der Waals surface area contributed by atoms with Crippen LogP contribution < -0.4 is 5.73 Å². The molecule has 3 rings (SSSR count). The lowest BCUT2D eigenvalue weighted by Gasteiger charge is -2.09. The molecular weight excluding hydrogens is 302 g/mol. The van der Waals surface area contributed by atoms with Crippen LogP contribution in [-0.4, -0.2) is 0 Å². The van der Waals surface area contributed by atoms with Crippen molar-refractivity contribution in [3.8, 4) is 0 Å². The Morgan fingerprint density at radius 3 is 2.24 bits per heavy atom. The van der Waals surface area contributed by atoms with E-state index in [9.17, 15) is 0 Å². The quantitative estimate of drug-likeness (QED) is 0.249. The fourth-order valence-corrected chi connectivity index (χ4v) is 3.77. The average Bonchev–Trinajstić information content (AvgIpc) is 2.62. The summed E-state index contributed by atoms with van der Waals surface area (Å²) < 4.78 is 0. The maximum Gasteiger partial charge on any atom is 0.0320 e. The van der Waals surface area contributed by atoms with Gasteiger partial charge in [0.05, 0.1) is 0 Å². The Morgan fingerprint density at radius 2 is 1.44 bits per heavy atom. The summed E-state index contributed by atoms with van der Waals surface area (Å²) in [6.07, 6.45) is 12.2. The smallest absolute Gasteiger partial charge is 0.0320 e. The van der Waals surface area contributed by atoms with Gasteiger partial charge in [-0.2, -0.15) is 0 Å². The monoisotopic (exact) mass is 333 g/mol. The maximum absolute atomic E-state index is 5.93. The molecule has 0 radical (unpaired) electrons. The predicted molar refractivity (Wildman–Crippen MR) is 112 cm³/mol. The Labute approximate surface area is 152 Å². The minimum Gasteiger partial charge on any atom is -0.399 e. The van der Waals surface area contributed by atoms with Gasteiger partial charge in [-0.3, -0.25) is 0 Å². The highest BCUT2D eigenvalue weighted by Crippen LogP contribution is 2.28. The van der Waals surface area contributed by atoms with Crippen molar-refractivity contribution in [1.82, 2.24) is 0 Å². The number of anilines is 1. The molecule has 25 heavy (non-hydrogen) atoms. The lowest BCUT2D eigenvalue weighted by atomic mass is 9.96. The summed E-state index contributed by atoms with van der Waals surface area (Å²) in [5.74, 6) is 0. The third-order valence-electron chi connectivity index (χ3n) is 5.25. The zero-order valence-electron chi connectivity index (χ0n) is 15.6. The largest absolute Gasteiger partial charge is 0.399 e. The second-order valence-corrected chi connectivity index (χ2v) is 7.32. The minimum absolute atomic E-state index is 0.835. The van der Waals surface area contributed by atoms with Gasteiger partial charge in [0, 0.05) is 5.69 Å². The van der Waals surface area contributed by atoms with Crippen LogP contribution in [-0.2, 0) is 6.42 Å². The van der Waals surface area contributed by atoms with Crippen molar-refractivity contribution in [1.29, 1.82) is 0 Å². The number of unbranched alkanes of at least 4 members (excludes halogenated alkanes) is 7. The molecular formula is C24H31N. The van der Waals surface area contributed by atoms with E-state index in [1.807, 2.05) is 6.07 Å². The van der Waals surface area contributed by atoms with E-state index in [0.29, 0.717) is 0 Å². The van der Waals surface area contributed by atoms with E-state index < -0.39 is 0 Å². The molecule has 0 aliphatic heterocycles. The normalized spacial score (nSPS) is 11.4. The SMILES string of the molecule is CCCCCCCCCCc1cccc2cc3cc(N)ccc3cc12. The molecule has 0 aliphatic rings. The summed E-state index contributed by atoms with van der Waals surface area (Å²) in [6, 6.07) is 17.5. The van der Waals surface area contributed by atoms with Crippen molar-refractivity contribution in [3.63, 3.8) is 0 Å². The molecule has 0 heterocycles. The molecule has 0 aromatic heterocycles. The van der Waals surface area contributed by atoms with Crippen LogP contribution in [0, 0.1) is 0 Å². The number of hydrogen-bond acceptors (Lipinski definition) is 1. The summed E-state index contributed by atoms with van der Waals surface area (Å²) in [7, 11) is 0. The molecule has 0 aliphatic carbocycles. The van der Waals surface area contributed by atoms with Crippen molar-refractivity contribution in [2.75, 3.05) is 5.73 Å². The van der Waals surface area contributed by atoms with E-state index in [-0.39, 0.29) is 0 Å². The number of rotatable bonds is 9. The molecule has 1 nitrogen and oxygen atoms in total. The summed E-state index contributed by atoms with van der Waals surface area (Å²) in [5.41, 5.74) is 8.25. The van der Waals surface area contributed by atoms with Gasteiger partial charge in [0.15, 0.2) is 0 Å². The lowest BCUT2D eigenvalue weighted by Crippen LogP contribution is -1.90. The van der Waals surface area contributed by atoms with Crippen LogP contribution in [0.1, 0.15) is 63.9 Å². The van der Waals surface area contributed by atoms with Crippen molar-refractivity contribution in [2.24, 2.45) is 0 Å². The number of hydrogen-bond donors (Lipinski definition) is 1. The number of nitrogen functional groups attached to an aromatic ring is 1. The number of benzene rings is 3. The first-order valence-corrected chi connectivity index (χ1v) is 9.99. The Balaban J connectivity index is 1.62. The van der Waals surface area contributed by atoms with Crippen LogP contribution in [0.3, 0.4) is 0 Å². The molecule has 0 saturated heterocycles. The first-order valence-electron chi connectivity index (χ1n) is 9.99. The molecule has 2 N–H and O–H groups in total. The van der Waals surface area contributed by atoms with Crippen molar-refractivity contribution >= 4 is 27.2 Å². The van der Waals surface area contributed by atoms with Gasteiger partial charge in [-0.05, 0) is 64.2 Å². The van der Waals surface area contributed by atoms with E-state index in [4.69, 9.17) is 5.73 Å². The van der Waals surface area contributed by atoms with E-state index >= 15 is 0 Å². The van der Waals surface area contributed by atoms with Gasteiger partial charge in [-0.25, -0.2) is 0 Å². The molecule has 132 valence electrons. The van der Waals surface area contributed by atoms with Gasteiger partial charge in [-0.1, -0.05) is 76.1 Å². The summed E-state index contributed by atoms with van der Waals surface area (Å²) in [6.45, 7) is 2.28. The third-order valence-corrected chi connectivity index (χ3v) is 5.25. The fraction of sp³-hybridized carbons (Fsp3) is 0.417. The second-order valence-electron chi connectivity index (χ2n) is 7.32. The Bertz CT molecular complexity index is 819. The van der Waals surface area contributed by atoms with Gasteiger partial charge >= 0.3 is 0 Å². The summed E-state index contributed by atoms with van der Waals surface area (Å²) in [5, 5.41) is 5.25. The number of nitrogens with two attached hydrogens (primary N) is 1. The van der Waals surface area contributed by atoms with Crippen molar-refractivity contribution < 1.29 is 0 Å². The Morgan fingerprint density at radius 1 is 0.680 bits per heavy atom. The fourth-order valence-electron chi connectivity index (χ4n) is 3.77. The molecule has 0 fully saturated rings. The molecule has 0 spiro atoms. The highest BCUT2D eigenvalue weighted by atomic mass is 14.5. The lowest BCUT2D eigenvalue weighted by molar-refractivity contribution is 0.576. The van der Waals surface area contributed by atoms with Gasteiger partial charge in [-0.15, -0.1) is 0 Å². The first kappa shape index (κ1) is 17.8. The third kappa shape index (κ3) is 4.75. The number of aryl methyl sites for hydroxylation is 1. The molecule has 0 bridgehead atoms. The van der Waals surface area contributed by atoms with Crippen LogP contribution in [0.25, 0.3) is 21.5 Å². The topological polar surface area (TPSA) is 26.0 Å². The highest BCUT2D eigenvalue weighted by molar-refractivity contribution is 6.00. The van der Waals surface area contributed by atoms with Crippen LogP contribution in [0.4, 0.5) is 5.69 Å². The molecule has 3 aromatic carbocycles. The van der Waals surface area contributed by atoms with Crippen LogP contribution in [0.2, 0.25) is 0 Å². The Hall–Kier alpha value is -2.02. The van der Waals surface area contributed by atoms with Gasteiger partial charge in [0.25, 0.3) is 0 Å². The Kier molecular flexibility index (Phi) is 6.33. The van der Waals surface area contributed by atoms with Gasteiger partial charge in [0.1, 0.15) is 0 Å². The van der Waals surface area contributed by atoms with Gasteiger partial charge in [0.2, 0.25) is 0 Å². The minimum atomic E-state index is 0.835. The van der Waals surface area contributed by atoms with Crippen LogP contribution in [0.15, 0.2) is 48.5 Å². The van der Waals surface area contributed by atoms with E-state index in [1.54, 1.807) is 0 Å². The second kappa shape index (κ2) is 8.89. The van der Waals surface area contributed by atoms with E-state index in [1.165, 1.54) is 84.9 Å². The van der Waals surface area contributed by atoms with Crippen LogP contribution >= 0.6 is 0 Å². The molecule has 0 amide bonds. The zero-order chi connectivity index (χ0) is 17.5. The number of fused-ring (bicyclic) bond motifs is 2. The summed E-state index contributed by atoms with van der Waals surface area (Å²) >= 11 is 0. The van der Waals surface area contributed by atoms with Crippen LogP contribution in [0.5, 0.6) is 0 Å². The van der Waals surface area contributed by atoms with E-state index in [2.05, 4.69) is 49.4 Å². The average molecular weight is 334 g/mol. The van der Waals surface area contributed by atoms with Gasteiger partial charge < -0.3 is 5.73 Å². The first-order chi connectivity index (χ1) is 12.3. The molecule has 0 unspecified atom stereocenters. The zero-order valence-corrected chi connectivity index (χ0v) is 15.6.